The Morgan fingerprint density at radius 1 is 1.30 bits per heavy atom. The maximum atomic E-state index is 12.7. The monoisotopic (exact) mass is 494 g/mol. The molecule has 3 rings (SSSR count). The second kappa shape index (κ2) is 9.68. The van der Waals surface area contributed by atoms with Crippen LogP contribution in [0.3, 0.4) is 0 Å². The maximum absolute atomic E-state index is 12.7. The summed E-state index contributed by atoms with van der Waals surface area (Å²) in [7, 11) is -3.93. The van der Waals surface area contributed by atoms with Crippen LogP contribution in [0.1, 0.15) is 18.1 Å². The van der Waals surface area contributed by atoms with Gasteiger partial charge in [0, 0.05) is 17.1 Å². The number of ether oxygens (including phenoxy) is 1. The van der Waals surface area contributed by atoms with Crippen LogP contribution < -0.4 is 15.4 Å². The molecule has 33 heavy (non-hydrogen) atoms. The number of hydrogen-bond acceptors (Lipinski definition) is 7. The van der Waals surface area contributed by atoms with Crippen LogP contribution in [0.2, 0.25) is 0 Å². The van der Waals surface area contributed by atoms with Crippen LogP contribution in [0.25, 0.3) is 0 Å². The molecule has 1 heterocycles. The number of primary amides is 1. The largest absolute Gasteiger partial charge is 0.435 e. The minimum absolute atomic E-state index is 0.0477. The van der Waals surface area contributed by atoms with Crippen LogP contribution in [-0.4, -0.2) is 37.0 Å². The van der Waals surface area contributed by atoms with Crippen molar-refractivity contribution in [2.45, 2.75) is 25.6 Å². The highest BCUT2D eigenvalue weighted by Crippen LogP contribution is 2.43. The van der Waals surface area contributed by atoms with Gasteiger partial charge in [-0.3, -0.25) is 4.79 Å². The molecule has 0 spiro atoms. The number of sulfonamides is 1. The molecule has 12 heteroatoms. The number of anilines is 1. The number of benzene rings is 2. The summed E-state index contributed by atoms with van der Waals surface area (Å²) in [5.41, 5.74) is 5.91. The average Bonchev–Trinajstić information content (AvgIpc) is 3.09. The first-order valence-corrected chi connectivity index (χ1v) is 12.2. The van der Waals surface area contributed by atoms with Crippen molar-refractivity contribution in [1.29, 1.82) is 5.26 Å². The molecule has 0 saturated heterocycles. The van der Waals surface area contributed by atoms with Gasteiger partial charge < -0.3 is 15.4 Å². The summed E-state index contributed by atoms with van der Waals surface area (Å²) in [6, 6.07) is 14.4. The van der Waals surface area contributed by atoms with Gasteiger partial charge in [0.2, 0.25) is 10.0 Å². The van der Waals surface area contributed by atoms with Gasteiger partial charge in [-0.15, -0.1) is 0 Å². The zero-order chi connectivity index (χ0) is 24.3. The molecule has 2 aromatic carbocycles. The molecule has 1 atom stereocenters. The first-order chi connectivity index (χ1) is 15.5. The predicted octanol–water partition coefficient (Wildman–Crippen LogP) is 3.18. The number of nitrogens with two attached hydrogens (primary N) is 1. The molecule has 2 N–H and O–H groups in total. The number of nitriles is 1. The number of hydrogen-bond donors (Lipinski definition) is 1. The SMILES string of the molecule is CC1=C(C(N)=O)N(S(C)(=O)=O)C(N(Cc2cccc(OC(F)F)c2)c2ccc(C#N)cc2)S1. The summed E-state index contributed by atoms with van der Waals surface area (Å²) < 4.78 is 56.1. The van der Waals surface area contributed by atoms with E-state index in [1.165, 1.54) is 12.1 Å². The quantitative estimate of drug-likeness (QED) is 0.599. The van der Waals surface area contributed by atoms with Crippen LogP contribution in [0.15, 0.2) is 59.1 Å². The van der Waals surface area contributed by atoms with Gasteiger partial charge in [-0.25, -0.2) is 12.7 Å². The van der Waals surface area contributed by atoms with E-state index in [2.05, 4.69) is 4.74 Å². The molecule has 8 nitrogen and oxygen atoms in total. The van der Waals surface area contributed by atoms with Crippen molar-refractivity contribution in [2.75, 3.05) is 11.2 Å². The number of nitrogens with zero attached hydrogens (tertiary/aromatic N) is 3. The molecule has 1 aliphatic heterocycles. The molecule has 1 amide bonds. The van der Waals surface area contributed by atoms with Crippen LogP contribution in [-0.2, 0) is 21.4 Å². The maximum Gasteiger partial charge on any atom is 0.387 e. The van der Waals surface area contributed by atoms with Crippen LogP contribution >= 0.6 is 11.8 Å². The zero-order valence-electron chi connectivity index (χ0n) is 17.6. The first-order valence-electron chi connectivity index (χ1n) is 9.48. The number of allylic oxidation sites excluding steroid dienone is 1. The number of amides is 1. The smallest absolute Gasteiger partial charge is 0.387 e. The summed E-state index contributed by atoms with van der Waals surface area (Å²) in [4.78, 5) is 14.2. The number of rotatable bonds is 8. The molecule has 0 aromatic heterocycles. The Bertz CT molecular complexity index is 1230. The van der Waals surface area contributed by atoms with Crippen molar-refractivity contribution in [3.8, 4) is 11.8 Å². The third-order valence-corrected chi connectivity index (χ3v) is 7.15. The van der Waals surface area contributed by atoms with E-state index in [4.69, 9.17) is 11.0 Å². The van der Waals surface area contributed by atoms with Gasteiger partial charge in [0.25, 0.3) is 5.91 Å². The Morgan fingerprint density at radius 2 is 1.97 bits per heavy atom. The highest BCUT2D eigenvalue weighted by molar-refractivity contribution is 8.04. The summed E-state index contributed by atoms with van der Waals surface area (Å²) in [6.07, 6.45) is 0.968. The second-order valence-electron chi connectivity index (χ2n) is 7.08. The van der Waals surface area contributed by atoms with Gasteiger partial charge >= 0.3 is 6.61 Å². The molecular weight excluding hydrogens is 474 g/mol. The molecule has 1 aliphatic rings. The normalized spacial score (nSPS) is 16.1. The van der Waals surface area contributed by atoms with Gasteiger partial charge in [-0.2, -0.15) is 14.0 Å². The van der Waals surface area contributed by atoms with E-state index in [0.717, 1.165) is 22.3 Å². The fourth-order valence-corrected chi connectivity index (χ4v) is 6.18. The molecule has 0 aliphatic carbocycles. The molecule has 0 saturated carbocycles. The van der Waals surface area contributed by atoms with Gasteiger partial charge in [0.1, 0.15) is 11.4 Å². The second-order valence-corrected chi connectivity index (χ2v) is 10.2. The molecular formula is C21H20F2N4O4S2. The third kappa shape index (κ3) is 5.55. The average molecular weight is 495 g/mol. The Hall–Kier alpha value is -3.30. The van der Waals surface area contributed by atoms with Crippen molar-refractivity contribution in [2.24, 2.45) is 5.73 Å². The van der Waals surface area contributed by atoms with Crippen molar-refractivity contribution < 1.29 is 26.7 Å². The van der Waals surface area contributed by atoms with Crippen molar-refractivity contribution in [3.05, 3.63) is 70.3 Å². The number of carbonyl (C=O) groups is 1. The number of carbonyl (C=O) groups excluding carboxylic acids is 1. The van der Waals surface area contributed by atoms with Crippen molar-refractivity contribution in [3.63, 3.8) is 0 Å². The van der Waals surface area contributed by atoms with Gasteiger partial charge in [-0.1, -0.05) is 23.9 Å². The van der Waals surface area contributed by atoms with E-state index in [9.17, 15) is 22.0 Å². The Kier molecular flexibility index (Phi) is 7.14. The highest BCUT2D eigenvalue weighted by atomic mass is 32.2. The molecule has 0 fully saturated rings. The zero-order valence-corrected chi connectivity index (χ0v) is 19.2. The van der Waals surface area contributed by atoms with Crippen LogP contribution in [0.5, 0.6) is 5.75 Å². The number of halogens is 2. The lowest BCUT2D eigenvalue weighted by Gasteiger charge is -2.36. The van der Waals surface area contributed by atoms with E-state index < -0.39 is 28.0 Å². The number of thioether (sulfide) groups is 1. The molecule has 2 aromatic rings. The van der Waals surface area contributed by atoms with E-state index >= 15 is 0 Å². The lowest BCUT2D eigenvalue weighted by Crippen LogP contribution is -2.47. The Labute approximate surface area is 194 Å². The molecule has 0 bridgehead atoms. The molecule has 0 radical (unpaired) electrons. The van der Waals surface area contributed by atoms with Crippen LogP contribution in [0.4, 0.5) is 14.5 Å². The van der Waals surface area contributed by atoms with Gasteiger partial charge in [-0.05, 0) is 48.9 Å². The summed E-state index contributed by atoms with van der Waals surface area (Å²) in [6.45, 7) is -1.32. The summed E-state index contributed by atoms with van der Waals surface area (Å²) in [5.74, 6) is -0.937. The predicted molar refractivity (Wildman–Crippen MR) is 120 cm³/mol. The van der Waals surface area contributed by atoms with E-state index in [1.807, 2.05) is 6.07 Å². The van der Waals surface area contributed by atoms with E-state index in [1.54, 1.807) is 48.2 Å². The first kappa shape index (κ1) is 24.3. The van der Waals surface area contributed by atoms with E-state index in [-0.39, 0.29) is 18.0 Å². The van der Waals surface area contributed by atoms with Gasteiger partial charge in [0.05, 0.1) is 17.9 Å². The molecule has 1 unspecified atom stereocenters. The standard InChI is InChI=1S/C21H20F2N4O4S2/c1-13-18(19(25)28)27(33(2,29)30)21(32-13)26(16-8-6-14(11-24)7-9-16)12-15-4-3-5-17(10-15)31-20(22)23/h3-10,20-21H,12H2,1-2H3,(H2,25,28). The topological polar surface area (TPSA) is 117 Å². The summed E-state index contributed by atoms with van der Waals surface area (Å²) >= 11 is 1.12. The van der Waals surface area contributed by atoms with Gasteiger partial charge in [0.15, 0.2) is 5.50 Å². The Morgan fingerprint density at radius 3 is 2.52 bits per heavy atom. The fourth-order valence-electron chi connectivity index (χ4n) is 3.37. The molecule has 174 valence electrons. The lowest BCUT2D eigenvalue weighted by molar-refractivity contribution is -0.115. The van der Waals surface area contributed by atoms with Crippen molar-refractivity contribution in [1.82, 2.24) is 4.31 Å². The lowest BCUT2D eigenvalue weighted by atomic mass is 10.1. The highest BCUT2D eigenvalue weighted by Gasteiger charge is 2.42. The van der Waals surface area contributed by atoms with E-state index in [0.29, 0.717) is 21.7 Å². The van der Waals surface area contributed by atoms with Crippen molar-refractivity contribution >= 4 is 33.4 Å². The minimum Gasteiger partial charge on any atom is -0.435 e. The summed E-state index contributed by atoms with van der Waals surface area (Å²) in [5, 5.41) is 9.11. The third-order valence-electron chi connectivity index (χ3n) is 4.70. The van der Waals surface area contributed by atoms with Crippen LogP contribution in [0, 0.1) is 11.3 Å². The Balaban J connectivity index is 2.08. The fraction of sp³-hybridized carbons (Fsp3) is 0.238. The minimum atomic E-state index is -3.93. The number of alkyl halides is 2.